The van der Waals surface area contributed by atoms with E-state index in [-0.39, 0.29) is 17.2 Å². The summed E-state index contributed by atoms with van der Waals surface area (Å²) in [5.41, 5.74) is 0.151. The number of furan rings is 1. The molecule has 0 atom stereocenters. The van der Waals surface area contributed by atoms with Crippen molar-refractivity contribution in [2.75, 3.05) is 7.11 Å². The zero-order valence-corrected chi connectivity index (χ0v) is 8.91. The van der Waals surface area contributed by atoms with Gasteiger partial charge >= 0.3 is 5.97 Å². The van der Waals surface area contributed by atoms with Crippen LogP contribution in [0, 0.1) is 0 Å². The molecule has 0 N–H and O–H groups in total. The van der Waals surface area contributed by atoms with Gasteiger partial charge in [0.2, 0.25) is 11.5 Å². The van der Waals surface area contributed by atoms with Crippen molar-refractivity contribution in [2.45, 2.75) is 0 Å². The molecule has 0 aliphatic carbocycles. The van der Waals surface area contributed by atoms with Gasteiger partial charge in [0.25, 0.3) is 0 Å². The van der Waals surface area contributed by atoms with Gasteiger partial charge in [0, 0.05) is 12.4 Å². The Morgan fingerprint density at radius 2 is 2.00 bits per heavy atom. The number of aromatic nitrogens is 2. The van der Waals surface area contributed by atoms with E-state index < -0.39 is 11.8 Å². The van der Waals surface area contributed by atoms with Crippen molar-refractivity contribution >= 4 is 11.8 Å². The van der Waals surface area contributed by atoms with Gasteiger partial charge in [0.1, 0.15) is 5.69 Å². The Morgan fingerprint density at radius 3 is 2.65 bits per heavy atom. The molecular weight excluding hydrogens is 224 g/mol. The summed E-state index contributed by atoms with van der Waals surface area (Å²) < 4.78 is 9.52. The van der Waals surface area contributed by atoms with Crippen LogP contribution in [0.25, 0.3) is 0 Å². The van der Waals surface area contributed by atoms with Crippen molar-refractivity contribution in [1.29, 1.82) is 0 Å². The van der Waals surface area contributed by atoms with Gasteiger partial charge in [-0.2, -0.15) is 0 Å². The predicted octanol–water partition coefficient (Wildman–Crippen LogP) is 1.09. The molecule has 2 aromatic rings. The monoisotopic (exact) mass is 232 g/mol. The molecule has 0 bridgehead atoms. The summed E-state index contributed by atoms with van der Waals surface area (Å²) in [6, 6.07) is 2.76. The minimum absolute atomic E-state index is 0.0194. The second-order valence-electron chi connectivity index (χ2n) is 3.08. The number of rotatable bonds is 3. The molecule has 0 amide bonds. The second-order valence-corrected chi connectivity index (χ2v) is 3.08. The fraction of sp³-hybridized carbons (Fsp3) is 0.0909. The largest absolute Gasteiger partial charge is 0.463 e. The van der Waals surface area contributed by atoms with Gasteiger partial charge in [-0.25, -0.2) is 9.78 Å². The summed E-state index contributed by atoms with van der Waals surface area (Å²) in [4.78, 5) is 30.6. The van der Waals surface area contributed by atoms with Crippen LogP contribution < -0.4 is 0 Å². The normalized spacial score (nSPS) is 9.94. The first-order chi connectivity index (χ1) is 8.22. The maximum atomic E-state index is 11.8. The average Bonchev–Trinajstić information content (AvgIpc) is 2.87. The van der Waals surface area contributed by atoms with Crippen LogP contribution in [0.15, 0.2) is 35.1 Å². The van der Waals surface area contributed by atoms with Crippen molar-refractivity contribution in [1.82, 2.24) is 9.97 Å². The summed E-state index contributed by atoms with van der Waals surface area (Å²) in [5, 5.41) is 0. The molecule has 0 saturated heterocycles. The minimum Gasteiger partial charge on any atom is -0.463 e. The molecule has 6 heteroatoms. The first-order valence-corrected chi connectivity index (χ1v) is 4.71. The number of carbonyl (C=O) groups excluding carboxylic acids is 2. The van der Waals surface area contributed by atoms with Crippen LogP contribution in [0.1, 0.15) is 26.8 Å². The van der Waals surface area contributed by atoms with Crippen LogP contribution in [0.2, 0.25) is 0 Å². The molecule has 0 aromatic carbocycles. The zero-order valence-electron chi connectivity index (χ0n) is 8.91. The van der Waals surface area contributed by atoms with Gasteiger partial charge in [-0.1, -0.05) is 0 Å². The third-order valence-electron chi connectivity index (χ3n) is 2.01. The lowest BCUT2D eigenvalue weighted by molar-refractivity contribution is 0.0563. The minimum atomic E-state index is -0.636. The maximum absolute atomic E-state index is 11.8. The lowest BCUT2D eigenvalue weighted by Gasteiger charge is -1.95. The Kier molecular flexibility index (Phi) is 2.95. The molecule has 0 radical (unpaired) electrons. The zero-order chi connectivity index (χ0) is 12.3. The van der Waals surface area contributed by atoms with E-state index in [1.165, 1.54) is 37.8 Å². The van der Waals surface area contributed by atoms with E-state index in [0.29, 0.717) is 0 Å². The van der Waals surface area contributed by atoms with Gasteiger partial charge in [0.15, 0.2) is 5.76 Å². The fourth-order valence-electron chi connectivity index (χ4n) is 1.21. The molecule has 0 saturated carbocycles. The number of nitrogens with zero attached hydrogens (tertiary/aromatic N) is 2. The summed E-state index contributed by atoms with van der Waals surface area (Å²) in [5.74, 6) is -1.08. The standard InChI is InChI=1S/C11H8N2O4/c1-16-11(15)9-3-2-8(17-9)10(14)7-6-12-4-5-13-7/h2-6H,1H3. The van der Waals surface area contributed by atoms with Gasteiger partial charge in [0.05, 0.1) is 13.3 Å². The molecule has 2 rings (SSSR count). The predicted molar refractivity (Wildman–Crippen MR) is 55.5 cm³/mol. The van der Waals surface area contributed by atoms with Gasteiger partial charge in [-0.05, 0) is 12.1 Å². The molecular formula is C11H8N2O4. The number of ether oxygens (including phenoxy) is 1. The van der Waals surface area contributed by atoms with E-state index >= 15 is 0 Å². The quantitative estimate of drug-likeness (QED) is 0.581. The van der Waals surface area contributed by atoms with Crippen molar-refractivity contribution in [3.63, 3.8) is 0 Å². The van der Waals surface area contributed by atoms with Gasteiger partial charge in [-0.3, -0.25) is 9.78 Å². The third-order valence-corrected chi connectivity index (χ3v) is 2.01. The summed E-state index contributed by atoms with van der Waals surface area (Å²) in [6.45, 7) is 0. The van der Waals surface area contributed by atoms with Crippen LogP contribution in [0.4, 0.5) is 0 Å². The topological polar surface area (TPSA) is 82.3 Å². The van der Waals surface area contributed by atoms with Crippen LogP contribution in [0.5, 0.6) is 0 Å². The SMILES string of the molecule is COC(=O)c1ccc(C(=O)c2cnccn2)o1. The van der Waals surface area contributed by atoms with E-state index in [9.17, 15) is 9.59 Å². The van der Waals surface area contributed by atoms with E-state index in [1.807, 2.05) is 0 Å². The number of ketones is 1. The Hall–Kier alpha value is -2.50. The van der Waals surface area contributed by atoms with Gasteiger partial charge in [-0.15, -0.1) is 0 Å². The summed E-state index contributed by atoms with van der Waals surface area (Å²) in [7, 11) is 1.23. The molecule has 2 aromatic heterocycles. The Bertz CT molecular complexity index is 548. The molecule has 0 spiro atoms. The van der Waals surface area contributed by atoms with Crippen molar-refractivity contribution in [3.8, 4) is 0 Å². The van der Waals surface area contributed by atoms with E-state index in [1.54, 1.807) is 0 Å². The highest BCUT2D eigenvalue weighted by atomic mass is 16.5. The number of carbonyl (C=O) groups is 2. The van der Waals surface area contributed by atoms with Crippen LogP contribution in [0.3, 0.4) is 0 Å². The molecule has 0 aliphatic heterocycles. The van der Waals surface area contributed by atoms with E-state index in [2.05, 4.69) is 14.7 Å². The van der Waals surface area contributed by atoms with E-state index in [0.717, 1.165) is 0 Å². The lowest BCUT2D eigenvalue weighted by atomic mass is 10.2. The average molecular weight is 232 g/mol. The van der Waals surface area contributed by atoms with Crippen LogP contribution in [-0.2, 0) is 4.74 Å². The Balaban J connectivity index is 2.27. The summed E-state index contributed by atoms with van der Waals surface area (Å²) in [6.07, 6.45) is 4.18. The number of methoxy groups -OCH3 is 1. The molecule has 86 valence electrons. The smallest absolute Gasteiger partial charge is 0.373 e. The highest BCUT2D eigenvalue weighted by Gasteiger charge is 2.18. The number of esters is 1. The summed E-state index contributed by atoms with van der Waals surface area (Å²) >= 11 is 0. The number of hydrogen-bond acceptors (Lipinski definition) is 6. The molecule has 0 unspecified atom stereocenters. The highest BCUT2D eigenvalue weighted by Crippen LogP contribution is 2.12. The third kappa shape index (κ3) is 2.20. The molecule has 0 aliphatic rings. The first-order valence-electron chi connectivity index (χ1n) is 4.71. The van der Waals surface area contributed by atoms with Crippen molar-refractivity contribution < 1.29 is 18.7 Å². The van der Waals surface area contributed by atoms with E-state index in [4.69, 9.17) is 4.42 Å². The van der Waals surface area contributed by atoms with Crippen molar-refractivity contribution in [2.24, 2.45) is 0 Å². The molecule has 0 fully saturated rings. The van der Waals surface area contributed by atoms with Crippen molar-refractivity contribution in [3.05, 3.63) is 47.9 Å². The van der Waals surface area contributed by atoms with Gasteiger partial charge < -0.3 is 9.15 Å². The second kappa shape index (κ2) is 4.56. The lowest BCUT2D eigenvalue weighted by Crippen LogP contribution is -2.03. The van der Waals surface area contributed by atoms with Crippen LogP contribution >= 0.6 is 0 Å². The molecule has 17 heavy (non-hydrogen) atoms. The Labute approximate surface area is 96.3 Å². The fourth-order valence-corrected chi connectivity index (χ4v) is 1.21. The molecule has 6 nitrogen and oxygen atoms in total. The highest BCUT2D eigenvalue weighted by molar-refractivity contribution is 6.06. The first kappa shape index (κ1) is 11.0. The van der Waals surface area contributed by atoms with Crippen LogP contribution in [-0.4, -0.2) is 28.8 Å². The molecule has 2 heterocycles. The number of hydrogen-bond donors (Lipinski definition) is 0. The Morgan fingerprint density at radius 1 is 1.24 bits per heavy atom. The maximum Gasteiger partial charge on any atom is 0.373 e.